The molecule has 36 heavy (non-hydrogen) atoms. The molecule has 0 amide bonds. The average molecular weight is 489 g/mol. The van der Waals surface area contributed by atoms with E-state index in [0.717, 1.165) is 64.9 Å². The maximum Gasteiger partial charge on any atom is 0.306 e. The minimum absolute atomic E-state index is 0.0111. The fourth-order valence-corrected chi connectivity index (χ4v) is 5.57. The number of benzene rings is 2. The largest absolute Gasteiger partial charge is 0.485 e. The van der Waals surface area contributed by atoms with Crippen LogP contribution in [0.15, 0.2) is 48.7 Å². The number of nitrogens with one attached hydrogen (secondary N) is 1. The van der Waals surface area contributed by atoms with Gasteiger partial charge < -0.3 is 15.2 Å². The zero-order chi connectivity index (χ0) is 25.4. The SMILES string of the molecule is CNCc1cc([C@@H]2CCc3ccc([C@H](C4CC4)[C@H](C)C(=O)O)cc3O2)ccc1-c1cc(C)ncc1F. The number of carbonyl (C=O) groups is 1. The first-order valence-corrected chi connectivity index (χ1v) is 12.8. The average Bonchev–Trinajstić information content (AvgIpc) is 3.70. The van der Waals surface area contributed by atoms with Crippen molar-refractivity contribution in [2.75, 3.05) is 7.05 Å². The third kappa shape index (κ3) is 4.87. The summed E-state index contributed by atoms with van der Waals surface area (Å²) < 4.78 is 21.1. The Morgan fingerprint density at radius 3 is 2.69 bits per heavy atom. The van der Waals surface area contributed by atoms with Gasteiger partial charge in [0.15, 0.2) is 0 Å². The van der Waals surface area contributed by atoms with Crippen LogP contribution in [0.2, 0.25) is 0 Å². The summed E-state index contributed by atoms with van der Waals surface area (Å²) in [5, 5.41) is 12.9. The predicted molar refractivity (Wildman–Crippen MR) is 138 cm³/mol. The topological polar surface area (TPSA) is 71.5 Å². The van der Waals surface area contributed by atoms with Crippen molar-refractivity contribution >= 4 is 5.97 Å². The molecule has 1 aliphatic carbocycles. The van der Waals surface area contributed by atoms with Crippen LogP contribution in [0, 0.1) is 24.6 Å². The number of carboxylic acid groups (broad SMARTS) is 1. The van der Waals surface area contributed by atoms with Crippen LogP contribution >= 0.6 is 0 Å². The standard InChI is InChI=1S/C30H33FN2O3/c1-17-12-25(26(31)16-33-17)24-10-8-21(13-23(24)15-32-3)27-11-9-19-4-7-22(14-28(19)36-27)29(20-5-6-20)18(2)30(34)35/h4,7-8,10,12-14,16,18,20,27,29,32H,5-6,9,11,15H2,1-3H3,(H,34,35)/t18-,27-,29-/m0/s1. The highest BCUT2D eigenvalue weighted by Gasteiger charge is 2.39. The van der Waals surface area contributed by atoms with Crippen molar-refractivity contribution in [2.45, 2.75) is 58.1 Å². The van der Waals surface area contributed by atoms with Crippen LogP contribution in [0.3, 0.4) is 0 Å². The third-order valence-corrected chi connectivity index (χ3v) is 7.63. The van der Waals surface area contributed by atoms with Gasteiger partial charge in [0.1, 0.15) is 17.7 Å². The maximum absolute atomic E-state index is 14.6. The monoisotopic (exact) mass is 488 g/mol. The number of fused-ring (bicyclic) bond motifs is 1. The van der Waals surface area contributed by atoms with E-state index in [1.54, 1.807) is 6.07 Å². The van der Waals surface area contributed by atoms with Gasteiger partial charge in [0, 0.05) is 17.8 Å². The number of carboxylic acids is 1. The van der Waals surface area contributed by atoms with Gasteiger partial charge in [0.25, 0.3) is 0 Å². The summed E-state index contributed by atoms with van der Waals surface area (Å²) >= 11 is 0. The quantitative estimate of drug-likeness (QED) is 0.395. The Morgan fingerprint density at radius 2 is 1.97 bits per heavy atom. The molecule has 0 spiro atoms. The number of ether oxygens (including phenoxy) is 1. The van der Waals surface area contributed by atoms with Crippen LogP contribution < -0.4 is 10.1 Å². The van der Waals surface area contributed by atoms with Crippen molar-refractivity contribution < 1.29 is 19.0 Å². The minimum atomic E-state index is -0.749. The van der Waals surface area contributed by atoms with Gasteiger partial charge in [-0.2, -0.15) is 0 Å². The van der Waals surface area contributed by atoms with E-state index in [0.29, 0.717) is 18.0 Å². The van der Waals surface area contributed by atoms with Gasteiger partial charge in [-0.05, 0) is 91.4 Å². The summed E-state index contributed by atoms with van der Waals surface area (Å²) in [7, 11) is 1.88. The molecular formula is C30H33FN2O3. The van der Waals surface area contributed by atoms with Gasteiger partial charge in [-0.25, -0.2) is 4.39 Å². The molecule has 0 unspecified atom stereocenters. The number of aliphatic carboxylic acids is 1. The van der Waals surface area contributed by atoms with Crippen LogP contribution in [0.1, 0.15) is 66.2 Å². The highest BCUT2D eigenvalue weighted by molar-refractivity contribution is 5.71. The molecule has 5 rings (SSSR count). The number of rotatable bonds is 8. The lowest BCUT2D eigenvalue weighted by molar-refractivity contribution is -0.142. The van der Waals surface area contributed by atoms with Crippen molar-refractivity contribution in [2.24, 2.45) is 11.8 Å². The van der Waals surface area contributed by atoms with Gasteiger partial charge in [-0.15, -0.1) is 0 Å². The van der Waals surface area contributed by atoms with Crippen molar-refractivity contribution in [3.63, 3.8) is 0 Å². The normalized spacial score (nSPS) is 18.7. The van der Waals surface area contributed by atoms with E-state index in [1.807, 2.05) is 33.0 Å². The molecule has 6 heteroatoms. The van der Waals surface area contributed by atoms with Crippen LogP contribution in [-0.2, 0) is 17.8 Å². The van der Waals surface area contributed by atoms with E-state index in [9.17, 15) is 14.3 Å². The fourth-order valence-electron chi connectivity index (χ4n) is 5.57. The van der Waals surface area contributed by atoms with Crippen LogP contribution in [0.5, 0.6) is 5.75 Å². The summed E-state index contributed by atoms with van der Waals surface area (Å²) in [5.74, 6) is -0.214. The first-order chi connectivity index (χ1) is 17.4. The third-order valence-electron chi connectivity index (χ3n) is 7.63. The second-order valence-electron chi connectivity index (χ2n) is 10.3. The Hall–Kier alpha value is -3.25. The number of aromatic nitrogens is 1. The summed E-state index contributed by atoms with van der Waals surface area (Å²) in [6.07, 6.45) is 5.08. The second-order valence-corrected chi connectivity index (χ2v) is 10.3. The molecule has 1 aromatic heterocycles. The van der Waals surface area contributed by atoms with E-state index in [4.69, 9.17) is 4.74 Å². The van der Waals surface area contributed by atoms with Crippen molar-refractivity contribution in [3.8, 4) is 16.9 Å². The summed E-state index contributed by atoms with van der Waals surface area (Å²) in [4.78, 5) is 15.8. The molecule has 2 heterocycles. The molecule has 2 aromatic carbocycles. The van der Waals surface area contributed by atoms with Gasteiger partial charge in [-0.3, -0.25) is 9.78 Å². The molecule has 1 saturated carbocycles. The number of halogens is 1. The van der Waals surface area contributed by atoms with E-state index in [1.165, 1.54) is 6.20 Å². The van der Waals surface area contributed by atoms with Crippen LogP contribution in [0.25, 0.3) is 11.1 Å². The molecule has 5 nitrogen and oxygen atoms in total. The molecule has 188 valence electrons. The first kappa shape index (κ1) is 24.4. The molecule has 0 radical (unpaired) electrons. The molecule has 0 saturated heterocycles. The van der Waals surface area contributed by atoms with Crippen molar-refractivity contribution in [1.82, 2.24) is 10.3 Å². The Balaban J connectivity index is 1.44. The smallest absolute Gasteiger partial charge is 0.306 e. The van der Waals surface area contributed by atoms with Gasteiger partial charge in [0.05, 0.1) is 12.1 Å². The Bertz CT molecular complexity index is 1290. The number of hydrogen-bond donors (Lipinski definition) is 2. The van der Waals surface area contributed by atoms with Gasteiger partial charge in [0.2, 0.25) is 0 Å². The molecule has 1 fully saturated rings. The highest BCUT2D eigenvalue weighted by atomic mass is 19.1. The Kier molecular flexibility index (Phi) is 6.80. The van der Waals surface area contributed by atoms with Crippen molar-refractivity contribution in [3.05, 3.63) is 82.4 Å². The summed E-state index contributed by atoms with van der Waals surface area (Å²) in [6.45, 7) is 4.28. The van der Waals surface area contributed by atoms with E-state index >= 15 is 0 Å². The maximum atomic E-state index is 14.6. The summed E-state index contributed by atoms with van der Waals surface area (Å²) in [6, 6.07) is 14.2. The van der Waals surface area contributed by atoms with Crippen LogP contribution in [0.4, 0.5) is 4.39 Å². The van der Waals surface area contributed by atoms with E-state index in [-0.39, 0.29) is 17.8 Å². The minimum Gasteiger partial charge on any atom is -0.485 e. The lowest BCUT2D eigenvalue weighted by Gasteiger charge is -2.29. The van der Waals surface area contributed by atoms with Gasteiger partial charge in [-0.1, -0.05) is 37.3 Å². The first-order valence-electron chi connectivity index (χ1n) is 12.8. The zero-order valence-electron chi connectivity index (χ0n) is 21.1. The van der Waals surface area contributed by atoms with Crippen LogP contribution in [-0.4, -0.2) is 23.1 Å². The van der Waals surface area contributed by atoms with E-state index in [2.05, 4.69) is 34.6 Å². The molecule has 1 aliphatic heterocycles. The second kappa shape index (κ2) is 10.0. The lowest BCUT2D eigenvalue weighted by atomic mass is 9.82. The number of hydrogen-bond acceptors (Lipinski definition) is 4. The molecule has 0 bridgehead atoms. The Labute approximate surface area is 211 Å². The Morgan fingerprint density at radius 1 is 1.17 bits per heavy atom. The molecule has 2 aliphatic rings. The number of pyridine rings is 1. The molecule has 3 aromatic rings. The highest BCUT2D eigenvalue weighted by Crippen LogP contribution is 2.48. The molecule has 3 atom stereocenters. The predicted octanol–water partition coefficient (Wildman–Crippen LogP) is 6.20. The van der Waals surface area contributed by atoms with E-state index < -0.39 is 11.9 Å². The summed E-state index contributed by atoms with van der Waals surface area (Å²) in [5.41, 5.74) is 6.46. The number of nitrogens with zero attached hydrogens (tertiary/aromatic N) is 1. The zero-order valence-corrected chi connectivity index (χ0v) is 21.1. The lowest BCUT2D eigenvalue weighted by Crippen LogP contribution is -2.21. The van der Waals surface area contributed by atoms with Crippen molar-refractivity contribution in [1.29, 1.82) is 0 Å². The van der Waals surface area contributed by atoms with Gasteiger partial charge >= 0.3 is 5.97 Å². The molecule has 2 N–H and O–H groups in total. The fraction of sp³-hybridized carbons (Fsp3) is 0.400. The molecular weight excluding hydrogens is 455 g/mol. The number of aryl methyl sites for hydroxylation is 2.